The summed E-state index contributed by atoms with van der Waals surface area (Å²) < 4.78 is 4.94. The Bertz CT molecular complexity index is 138. The molecule has 0 aliphatic carbocycles. The minimum atomic E-state index is -0.0625. The Morgan fingerprint density at radius 1 is 1.67 bits per heavy atom. The molecule has 0 N–H and O–H groups in total. The summed E-state index contributed by atoms with van der Waals surface area (Å²) in [5, 5.41) is 0. The van der Waals surface area contributed by atoms with Crippen molar-refractivity contribution in [2.45, 2.75) is 33.3 Å². The zero-order valence-corrected chi connectivity index (χ0v) is 6.10. The third-order valence-corrected chi connectivity index (χ3v) is 2.01. The Hall–Kier alpha value is -0.530. The second-order valence-corrected chi connectivity index (χ2v) is 3.30. The van der Waals surface area contributed by atoms with Gasteiger partial charge in [0.15, 0.2) is 0 Å². The van der Waals surface area contributed by atoms with Crippen molar-refractivity contribution >= 4 is 5.97 Å². The molecule has 1 fully saturated rings. The van der Waals surface area contributed by atoms with E-state index >= 15 is 0 Å². The molecule has 0 aromatic heterocycles. The number of hydrogen-bond acceptors (Lipinski definition) is 2. The van der Waals surface area contributed by atoms with Gasteiger partial charge in [-0.15, -0.1) is 0 Å². The summed E-state index contributed by atoms with van der Waals surface area (Å²) in [6.07, 6.45) is 0.652. The van der Waals surface area contributed by atoms with Crippen LogP contribution in [0.4, 0.5) is 0 Å². The quantitative estimate of drug-likeness (QED) is 0.460. The smallest absolute Gasteiger partial charge is 0.306 e. The Kier molecular flexibility index (Phi) is 1.26. The van der Waals surface area contributed by atoms with Gasteiger partial charge in [-0.3, -0.25) is 4.79 Å². The highest BCUT2D eigenvalue weighted by Crippen LogP contribution is 2.33. The largest absolute Gasteiger partial charge is 0.462 e. The van der Waals surface area contributed by atoms with Crippen molar-refractivity contribution in [1.82, 2.24) is 0 Å². The number of esters is 1. The zero-order valence-electron chi connectivity index (χ0n) is 6.10. The lowest BCUT2D eigenvalue weighted by molar-refractivity contribution is -0.141. The predicted octanol–water partition coefficient (Wildman–Crippen LogP) is 1.35. The molecule has 0 amide bonds. The lowest BCUT2D eigenvalue weighted by atomic mass is 9.87. The van der Waals surface area contributed by atoms with Crippen LogP contribution in [0.3, 0.4) is 0 Å². The second-order valence-electron chi connectivity index (χ2n) is 3.30. The van der Waals surface area contributed by atoms with E-state index in [4.69, 9.17) is 4.74 Å². The third-order valence-electron chi connectivity index (χ3n) is 2.01. The predicted molar refractivity (Wildman–Crippen MR) is 34.0 cm³/mol. The molecule has 0 aromatic carbocycles. The van der Waals surface area contributed by atoms with Gasteiger partial charge >= 0.3 is 5.97 Å². The molecular formula is C7H12O2. The second kappa shape index (κ2) is 1.72. The molecule has 0 bridgehead atoms. The maximum atomic E-state index is 10.6. The van der Waals surface area contributed by atoms with E-state index in [-0.39, 0.29) is 17.5 Å². The molecule has 0 spiro atoms. The minimum absolute atomic E-state index is 0.0527. The van der Waals surface area contributed by atoms with Gasteiger partial charge in [-0.05, 0) is 6.92 Å². The van der Waals surface area contributed by atoms with Crippen molar-refractivity contribution in [2.75, 3.05) is 0 Å². The number of ether oxygens (including phenoxy) is 1. The normalized spacial score (nSPS) is 32.3. The molecule has 52 valence electrons. The monoisotopic (exact) mass is 128 g/mol. The van der Waals surface area contributed by atoms with Crippen LogP contribution in [0.1, 0.15) is 27.2 Å². The van der Waals surface area contributed by atoms with Gasteiger partial charge in [0.05, 0.1) is 6.42 Å². The van der Waals surface area contributed by atoms with Crippen molar-refractivity contribution in [3.8, 4) is 0 Å². The van der Waals surface area contributed by atoms with Crippen LogP contribution in [0.25, 0.3) is 0 Å². The molecule has 0 aromatic rings. The van der Waals surface area contributed by atoms with E-state index in [1.54, 1.807) is 0 Å². The van der Waals surface area contributed by atoms with Crippen LogP contribution in [0, 0.1) is 5.41 Å². The van der Waals surface area contributed by atoms with Gasteiger partial charge in [0.1, 0.15) is 6.10 Å². The van der Waals surface area contributed by atoms with E-state index in [0.717, 1.165) is 0 Å². The van der Waals surface area contributed by atoms with Gasteiger partial charge in [0.25, 0.3) is 0 Å². The Morgan fingerprint density at radius 2 is 2.22 bits per heavy atom. The minimum Gasteiger partial charge on any atom is -0.462 e. The first-order chi connectivity index (χ1) is 4.02. The van der Waals surface area contributed by atoms with Crippen molar-refractivity contribution in [3.05, 3.63) is 0 Å². The summed E-state index contributed by atoms with van der Waals surface area (Å²) in [5.74, 6) is -0.0625. The fourth-order valence-corrected chi connectivity index (χ4v) is 0.914. The van der Waals surface area contributed by atoms with Crippen LogP contribution >= 0.6 is 0 Å². The van der Waals surface area contributed by atoms with Gasteiger partial charge in [0, 0.05) is 5.41 Å². The van der Waals surface area contributed by atoms with Crippen LogP contribution in [-0.4, -0.2) is 12.1 Å². The maximum absolute atomic E-state index is 10.6. The number of hydrogen-bond donors (Lipinski definition) is 0. The number of carbonyl (C=O) groups excluding carboxylic acids is 1. The highest BCUT2D eigenvalue weighted by Gasteiger charge is 2.38. The summed E-state index contributed by atoms with van der Waals surface area (Å²) in [6, 6.07) is 0. The number of carbonyl (C=O) groups is 1. The van der Waals surface area contributed by atoms with Crippen molar-refractivity contribution in [2.24, 2.45) is 5.41 Å². The molecule has 1 saturated heterocycles. The molecular weight excluding hydrogens is 116 g/mol. The van der Waals surface area contributed by atoms with E-state index < -0.39 is 0 Å². The van der Waals surface area contributed by atoms with Gasteiger partial charge in [-0.1, -0.05) is 13.8 Å². The molecule has 2 heteroatoms. The Labute approximate surface area is 55.2 Å². The van der Waals surface area contributed by atoms with Crippen molar-refractivity contribution in [3.63, 3.8) is 0 Å². The summed E-state index contributed by atoms with van der Waals surface area (Å²) >= 11 is 0. The Morgan fingerprint density at radius 3 is 2.33 bits per heavy atom. The molecule has 1 rings (SSSR count). The fourth-order valence-electron chi connectivity index (χ4n) is 0.914. The summed E-state index contributed by atoms with van der Waals surface area (Å²) in [7, 11) is 0. The molecule has 1 atom stereocenters. The van der Waals surface area contributed by atoms with E-state index in [9.17, 15) is 4.79 Å². The molecule has 1 heterocycles. The highest BCUT2D eigenvalue weighted by molar-refractivity contribution is 5.72. The topological polar surface area (TPSA) is 26.3 Å². The first-order valence-electron chi connectivity index (χ1n) is 3.22. The van der Waals surface area contributed by atoms with Gasteiger partial charge in [-0.25, -0.2) is 0 Å². The van der Waals surface area contributed by atoms with Crippen LogP contribution in [-0.2, 0) is 9.53 Å². The average Bonchev–Trinajstić information content (AvgIpc) is 1.79. The molecule has 1 aliphatic heterocycles. The van der Waals surface area contributed by atoms with Crippen molar-refractivity contribution < 1.29 is 9.53 Å². The van der Waals surface area contributed by atoms with Gasteiger partial charge < -0.3 is 4.74 Å². The molecule has 1 aliphatic rings. The first-order valence-corrected chi connectivity index (χ1v) is 3.22. The summed E-state index contributed by atoms with van der Waals surface area (Å²) in [6.45, 7) is 6.02. The number of rotatable bonds is 0. The van der Waals surface area contributed by atoms with E-state index in [1.807, 2.05) is 20.8 Å². The Balaban J connectivity index is 2.69. The molecule has 9 heavy (non-hydrogen) atoms. The summed E-state index contributed by atoms with van der Waals surface area (Å²) in [5.41, 5.74) is 0.0527. The third kappa shape index (κ3) is 1.07. The zero-order chi connectivity index (χ0) is 7.07. The van der Waals surface area contributed by atoms with E-state index in [1.165, 1.54) is 0 Å². The van der Waals surface area contributed by atoms with Crippen LogP contribution in [0.5, 0.6) is 0 Å². The van der Waals surface area contributed by atoms with Crippen molar-refractivity contribution in [1.29, 1.82) is 0 Å². The summed E-state index contributed by atoms with van der Waals surface area (Å²) in [4.78, 5) is 10.6. The van der Waals surface area contributed by atoms with E-state index in [2.05, 4.69) is 0 Å². The molecule has 2 nitrogen and oxygen atoms in total. The number of cyclic esters (lactones) is 1. The fraction of sp³-hybridized carbons (Fsp3) is 0.857. The maximum Gasteiger partial charge on any atom is 0.306 e. The van der Waals surface area contributed by atoms with Gasteiger partial charge in [-0.2, -0.15) is 0 Å². The lowest BCUT2D eigenvalue weighted by Crippen LogP contribution is -2.19. The highest BCUT2D eigenvalue weighted by atomic mass is 16.5. The van der Waals surface area contributed by atoms with Crippen LogP contribution < -0.4 is 0 Å². The van der Waals surface area contributed by atoms with Crippen LogP contribution in [0.15, 0.2) is 0 Å². The van der Waals surface area contributed by atoms with Gasteiger partial charge in [0.2, 0.25) is 0 Å². The van der Waals surface area contributed by atoms with Crippen LogP contribution in [0.2, 0.25) is 0 Å². The van der Waals surface area contributed by atoms with E-state index in [0.29, 0.717) is 6.42 Å². The molecule has 0 unspecified atom stereocenters. The average molecular weight is 128 g/mol. The lowest BCUT2D eigenvalue weighted by Gasteiger charge is -2.18. The molecule has 0 radical (unpaired) electrons. The standard InChI is InChI=1S/C7H12O2/c1-5-7(2,3)4-6(8)9-5/h5H,4H2,1-3H3/t5-/m1/s1. The first kappa shape index (κ1) is 6.59. The molecule has 0 saturated carbocycles. The SMILES string of the molecule is C[C@H]1OC(=O)CC1(C)C.